The van der Waals surface area contributed by atoms with Crippen molar-refractivity contribution in [3.63, 3.8) is 0 Å². The summed E-state index contributed by atoms with van der Waals surface area (Å²) in [4.78, 5) is 11.3. The number of hydrogen-bond acceptors (Lipinski definition) is 4. The quantitative estimate of drug-likeness (QED) is 0.698. The topological polar surface area (TPSA) is 73.6 Å². The summed E-state index contributed by atoms with van der Waals surface area (Å²) in [5, 5.41) is 2.61. The lowest BCUT2D eigenvalue weighted by atomic mass is 10.2. The van der Waals surface area contributed by atoms with Gasteiger partial charge in [0.1, 0.15) is 5.60 Å². The second-order valence-corrected chi connectivity index (χ2v) is 4.03. The maximum absolute atomic E-state index is 11.3. The largest absolute Gasteiger partial charge is 0.444 e. The number of carbonyl (C=O) groups excluding carboxylic acids is 1. The van der Waals surface area contributed by atoms with Crippen LogP contribution in [0.4, 0.5) is 4.79 Å². The second-order valence-electron chi connectivity index (χ2n) is 4.03. The van der Waals surface area contributed by atoms with Gasteiger partial charge in [-0.2, -0.15) is 0 Å². The fourth-order valence-electron chi connectivity index (χ4n) is 0.844. The standard InChI is InChI=1S/C9H20N2O3/c1-9(2,3)14-8(12)11-7(5-10)6-13-4/h7H,5-6,10H2,1-4H3,(H,11,12). The third-order valence-corrected chi connectivity index (χ3v) is 1.37. The Kier molecular flexibility index (Phi) is 5.49. The van der Waals surface area contributed by atoms with Gasteiger partial charge in [-0.15, -0.1) is 0 Å². The minimum absolute atomic E-state index is 0.199. The van der Waals surface area contributed by atoms with Gasteiger partial charge in [-0.1, -0.05) is 0 Å². The van der Waals surface area contributed by atoms with Crippen LogP contribution in [0.25, 0.3) is 0 Å². The van der Waals surface area contributed by atoms with Crippen molar-refractivity contribution in [2.75, 3.05) is 20.3 Å². The van der Waals surface area contributed by atoms with Crippen molar-refractivity contribution in [3.05, 3.63) is 0 Å². The molecule has 0 aliphatic rings. The van der Waals surface area contributed by atoms with E-state index in [2.05, 4.69) is 5.32 Å². The fraction of sp³-hybridized carbons (Fsp3) is 0.889. The highest BCUT2D eigenvalue weighted by Gasteiger charge is 2.18. The summed E-state index contributed by atoms with van der Waals surface area (Å²) in [6.45, 7) is 6.13. The molecule has 84 valence electrons. The first-order valence-electron chi connectivity index (χ1n) is 4.57. The van der Waals surface area contributed by atoms with Crippen LogP contribution < -0.4 is 11.1 Å². The van der Waals surface area contributed by atoms with Crippen molar-refractivity contribution in [3.8, 4) is 0 Å². The van der Waals surface area contributed by atoms with Gasteiger partial charge in [0.2, 0.25) is 0 Å². The van der Waals surface area contributed by atoms with Crippen LogP contribution >= 0.6 is 0 Å². The van der Waals surface area contributed by atoms with Crippen molar-refractivity contribution in [2.24, 2.45) is 5.73 Å². The molecule has 14 heavy (non-hydrogen) atoms. The highest BCUT2D eigenvalue weighted by molar-refractivity contribution is 5.68. The van der Waals surface area contributed by atoms with Crippen LogP contribution in [0.1, 0.15) is 20.8 Å². The molecule has 0 aliphatic carbocycles. The van der Waals surface area contributed by atoms with Gasteiger partial charge in [-0.25, -0.2) is 4.79 Å². The Morgan fingerprint density at radius 2 is 2.07 bits per heavy atom. The van der Waals surface area contributed by atoms with E-state index >= 15 is 0 Å². The summed E-state index contributed by atoms with van der Waals surface area (Å²) >= 11 is 0. The number of nitrogens with two attached hydrogens (primary N) is 1. The Labute approximate surface area is 84.9 Å². The van der Waals surface area contributed by atoms with Gasteiger partial charge in [-0.05, 0) is 20.8 Å². The molecule has 0 bridgehead atoms. The van der Waals surface area contributed by atoms with Gasteiger partial charge in [0.15, 0.2) is 0 Å². The first kappa shape index (κ1) is 13.2. The van der Waals surface area contributed by atoms with E-state index in [1.807, 2.05) is 0 Å². The van der Waals surface area contributed by atoms with Crippen molar-refractivity contribution < 1.29 is 14.3 Å². The van der Waals surface area contributed by atoms with Gasteiger partial charge < -0.3 is 20.5 Å². The molecule has 0 aliphatic heterocycles. The van der Waals surface area contributed by atoms with E-state index in [1.165, 1.54) is 0 Å². The zero-order chi connectivity index (χ0) is 11.2. The molecule has 3 N–H and O–H groups in total. The number of nitrogens with one attached hydrogen (secondary N) is 1. The van der Waals surface area contributed by atoms with E-state index in [0.717, 1.165) is 0 Å². The third kappa shape index (κ3) is 6.68. The lowest BCUT2D eigenvalue weighted by molar-refractivity contribution is 0.0472. The van der Waals surface area contributed by atoms with Crippen molar-refractivity contribution in [1.29, 1.82) is 0 Å². The molecular formula is C9H20N2O3. The summed E-state index contributed by atoms with van der Waals surface area (Å²) < 4.78 is 9.93. The Morgan fingerprint density at radius 3 is 2.43 bits per heavy atom. The van der Waals surface area contributed by atoms with Gasteiger partial charge in [0.05, 0.1) is 12.6 Å². The van der Waals surface area contributed by atoms with E-state index in [1.54, 1.807) is 27.9 Å². The molecule has 1 amide bonds. The molecule has 0 aromatic carbocycles. The first-order valence-corrected chi connectivity index (χ1v) is 4.57. The number of hydrogen-bond donors (Lipinski definition) is 2. The summed E-state index contributed by atoms with van der Waals surface area (Å²) in [7, 11) is 1.55. The molecule has 0 aromatic heterocycles. The van der Waals surface area contributed by atoms with E-state index in [4.69, 9.17) is 15.2 Å². The number of ether oxygens (including phenoxy) is 2. The van der Waals surface area contributed by atoms with Crippen LogP contribution in [0.5, 0.6) is 0 Å². The van der Waals surface area contributed by atoms with E-state index in [0.29, 0.717) is 13.2 Å². The number of alkyl carbamates (subject to hydrolysis) is 1. The molecular weight excluding hydrogens is 184 g/mol. The second kappa shape index (κ2) is 5.82. The molecule has 5 heteroatoms. The molecule has 0 saturated heterocycles. The molecule has 0 heterocycles. The maximum Gasteiger partial charge on any atom is 0.407 e. The molecule has 1 unspecified atom stereocenters. The molecule has 0 saturated carbocycles. The van der Waals surface area contributed by atoms with Crippen LogP contribution in [0.15, 0.2) is 0 Å². The molecule has 0 spiro atoms. The maximum atomic E-state index is 11.3. The minimum Gasteiger partial charge on any atom is -0.444 e. The minimum atomic E-state index is -0.490. The summed E-state index contributed by atoms with van der Waals surface area (Å²) in [5.74, 6) is 0. The highest BCUT2D eigenvalue weighted by Crippen LogP contribution is 2.06. The zero-order valence-corrected chi connectivity index (χ0v) is 9.29. The molecule has 5 nitrogen and oxygen atoms in total. The van der Waals surface area contributed by atoms with E-state index < -0.39 is 11.7 Å². The SMILES string of the molecule is COCC(CN)NC(=O)OC(C)(C)C. The predicted molar refractivity (Wildman–Crippen MR) is 54.1 cm³/mol. The van der Waals surface area contributed by atoms with Gasteiger partial charge in [0.25, 0.3) is 0 Å². The van der Waals surface area contributed by atoms with Gasteiger partial charge >= 0.3 is 6.09 Å². The Morgan fingerprint density at radius 1 is 1.50 bits per heavy atom. The normalized spacial score (nSPS) is 13.5. The van der Waals surface area contributed by atoms with E-state index in [9.17, 15) is 4.79 Å². The van der Waals surface area contributed by atoms with Gasteiger partial charge in [-0.3, -0.25) is 0 Å². The molecule has 0 fully saturated rings. The molecule has 0 radical (unpaired) electrons. The Bertz CT molecular complexity index is 177. The summed E-state index contributed by atoms with van der Waals surface area (Å²) in [6, 6.07) is -0.199. The predicted octanol–water partition coefficient (Wildman–Crippen LogP) is 0.485. The van der Waals surface area contributed by atoms with Crippen molar-refractivity contribution in [1.82, 2.24) is 5.32 Å². The number of amides is 1. The smallest absolute Gasteiger partial charge is 0.407 e. The number of rotatable bonds is 4. The third-order valence-electron chi connectivity index (χ3n) is 1.37. The Hall–Kier alpha value is -0.810. The lowest BCUT2D eigenvalue weighted by Gasteiger charge is -2.22. The lowest BCUT2D eigenvalue weighted by Crippen LogP contribution is -2.45. The number of carbonyl (C=O) groups is 1. The highest BCUT2D eigenvalue weighted by atomic mass is 16.6. The van der Waals surface area contributed by atoms with Crippen LogP contribution in [-0.4, -0.2) is 38.0 Å². The van der Waals surface area contributed by atoms with Crippen LogP contribution in [0.2, 0.25) is 0 Å². The van der Waals surface area contributed by atoms with Crippen LogP contribution in [-0.2, 0) is 9.47 Å². The molecule has 0 rings (SSSR count). The molecule has 1 atom stereocenters. The average molecular weight is 204 g/mol. The van der Waals surface area contributed by atoms with Crippen LogP contribution in [0.3, 0.4) is 0 Å². The average Bonchev–Trinajstić information content (AvgIpc) is 2.00. The number of methoxy groups -OCH3 is 1. The monoisotopic (exact) mass is 204 g/mol. The van der Waals surface area contributed by atoms with E-state index in [-0.39, 0.29) is 6.04 Å². The van der Waals surface area contributed by atoms with Crippen molar-refractivity contribution >= 4 is 6.09 Å². The molecule has 0 aromatic rings. The fourth-order valence-corrected chi connectivity index (χ4v) is 0.844. The summed E-state index contributed by atoms with van der Waals surface area (Å²) in [5.41, 5.74) is 4.93. The van der Waals surface area contributed by atoms with Crippen LogP contribution in [0, 0.1) is 0 Å². The Balaban J connectivity index is 3.91. The first-order chi connectivity index (χ1) is 6.39. The zero-order valence-electron chi connectivity index (χ0n) is 9.29. The van der Waals surface area contributed by atoms with Gasteiger partial charge in [0, 0.05) is 13.7 Å². The van der Waals surface area contributed by atoms with Crippen molar-refractivity contribution in [2.45, 2.75) is 32.4 Å². The summed E-state index contributed by atoms with van der Waals surface area (Å²) in [6.07, 6.45) is -0.468.